The molecule has 0 saturated carbocycles. The first-order valence-corrected chi connectivity index (χ1v) is 4.43. The Morgan fingerprint density at radius 2 is 2.31 bits per heavy atom. The highest BCUT2D eigenvalue weighted by Gasteiger charge is 2.00. The van der Waals surface area contributed by atoms with Crippen LogP contribution in [0.2, 0.25) is 0 Å². The SMILES string of the molecule is COCOc1ccc(C=O)c(Br)c1. The zero-order chi connectivity index (χ0) is 9.68. The predicted octanol–water partition coefficient (Wildman–Crippen LogP) is 2.24. The summed E-state index contributed by atoms with van der Waals surface area (Å²) in [6.45, 7) is 0.201. The number of hydrogen-bond donors (Lipinski definition) is 0. The minimum absolute atomic E-state index is 0.201. The number of carbonyl (C=O) groups is 1. The molecular weight excluding hydrogens is 236 g/mol. The lowest BCUT2D eigenvalue weighted by molar-refractivity contribution is 0.0511. The van der Waals surface area contributed by atoms with Crippen molar-refractivity contribution in [3.63, 3.8) is 0 Å². The third-order valence-corrected chi connectivity index (χ3v) is 2.13. The molecule has 70 valence electrons. The monoisotopic (exact) mass is 244 g/mol. The van der Waals surface area contributed by atoms with Crippen LogP contribution in [0.25, 0.3) is 0 Å². The molecule has 13 heavy (non-hydrogen) atoms. The van der Waals surface area contributed by atoms with Gasteiger partial charge in [-0.15, -0.1) is 0 Å². The number of benzene rings is 1. The van der Waals surface area contributed by atoms with Gasteiger partial charge in [0.25, 0.3) is 0 Å². The zero-order valence-electron chi connectivity index (χ0n) is 7.12. The quantitative estimate of drug-likeness (QED) is 0.602. The van der Waals surface area contributed by atoms with Gasteiger partial charge in [0.1, 0.15) is 5.75 Å². The van der Waals surface area contributed by atoms with Crippen molar-refractivity contribution in [2.45, 2.75) is 0 Å². The number of carbonyl (C=O) groups excluding carboxylic acids is 1. The third-order valence-electron chi connectivity index (χ3n) is 1.44. The van der Waals surface area contributed by atoms with E-state index in [-0.39, 0.29) is 6.79 Å². The number of rotatable bonds is 4. The molecule has 0 heterocycles. The van der Waals surface area contributed by atoms with E-state index in [0.29, 0.717) is 11.3 Å². The summed E-state index contributed by atoms with van der Waals surface area (Å²) in [5.41, 5.74) is 0.602. The van der Waals surface area contributed by atoms with Crippen molar-refractivity contribution >= 4 is 22.2 Å². The molecule has 0 radical (unpaired) electrons. The smallest absolute Gasteiger partial charge is 0.188 e. The molecule has 0 aromatic heterocycles. The first kappa shape index (κ1) is 10.2. The van der Waals surface area contributed by atoms with Crippen molar-refractivity contribution in [1.29, 1.82) is 0 Å². The molecule has 1 aromatic rings. The van der Waals surface area contributed by atoms with Crippen LogP contribution in [0.4, 0.5) is 0 Å². The lowest BCUT2D eigenvalue weighted by Gasteiger charge is -2.05. The second-order valence-electron chi connectivity index (χ2n) is 2.35. The summed E-state index contributed by atoms with van der Waals surface area (Å²) in [7, 11) is 1.55. The van der Waals surface area contributed by atoms with E-state index in [1.807, 2.05) is 0 Å². The molecule has 0 fully saturated rings. The lowest BCUT2D eigenvalue weighted by Crippen LogP contribution is -1.98. The van der Waals surface area contributed by atoms with Crippen molar-refractivity contribution in [2.75, 3.05) is 13.9 Å². The van der Waals surface area contributed by atoms with E-state index in [1.54, 1.807) is 25.3 Å². The van der Waals surface area contributed by atoms with Crippen molar-refractivity contribution < 1.29 is 14.3 Å². The number of aldehydes is 1. The summed E-state index contributed by atoms with van der Waals surface area (Å²) >= 11 is 3.25. The second kappa shape index (κ2) is 4.99. The van der Waals surface area contributed by atoms with E-state index in [9.17, 15) is 4.79 Å². The minimum atomic E-state index is 0.201. The molecule has 0 aliphatic rings. The largest absolute Gasteiger partial charge is 0.468 e. The maximum absolute atomic E-state index is 10.5. The number of hydrogen-bond acceptors (Lipinski definition) is 3. The molecule has 4 heteroatoms. The third kappa shape index (κ3) is 2.82. The fourth-order valence-electron chi connectivity index (χ4n) is 0.820. The molecule has 3 nitrogen and oxygen atoms in total. The van der Waals surface area contributed by atoms with Gasteiger partial charge in [0.2, 0.25) is 0 Å². The van der Waals surface area contributed by atoms with Gasteiger partial charge in [-0.1, -0.05) is 0 Å². The molecule has 0 atom stereocenters. The fraction of sp³-hybridized carbons (Fsp3) is 0.222. The van der Waals surface area contributed by atoms with Crippen LogP contribution in [-0.4, -0.2) is 20.2 Å². The predicted molar refractivity (Wildman–Crippen MR) is 52.0 cm³/mol. The molecule has 1 rings (SSSR count). The Morgan fingerprint density at radius 3 is 2.85 bits per heavy atom. The summed E-state index contributed by atoms with van der Waals surface area (Å²) < 4.78 is 10.6. The summed E-state index contributed by atoms with van der Waals surface area (Å²) in [5.74, 6) is 0.666. The molecule has 0 spiro atoms. The van der Waals surface area contributed by atoms with Gasteiger partial charge in [0, 0.05) is 17.1 Å². The van der Waals surface area contributed by atoms with Crippen LogP contribution >= 0.6 is 15.9 Å². The number of methoxy groups -OCH3 is 1. The summed E-state index contributed by atoms with van der Waals surface area (Å²) in [6.07, 6.45) is 0.782. The van der Waals surface area contributed by atoms with Gasteiger partial charge in [-0.2, -0.15) is 0 Å². The summed E-state index contributed by atoms with van der Waals surface area (Å²) in [4.78, 5) is 10.5. The molecule has 0 amide bonds. The maximum Gasteiger partial charge on any atom is 0.188 e. The molecule has 0 unspecified atom stereocenters. The molecule has 0 bridgehead atoms. The highest BCUT2D eigenvalue weighted by Crippen LogP contribution is 2.21. The average molecular weight is 245 g/mol. The first-order chi connectivity index (χ1) is 6.27. The number of ether oxygens (including phenoxy) is 2. The molecule has 0 aliphatic heterocycles. The Morgan fingerprint density at radius 1 is 1.54 bits per heavy atom. The Hall–Kier alpha value is -0.870. The molecule has 1 aromatic carbocycles. The Bertz CT molecular complexity index is 299. The maximum atomic E-state index is 10.5. The van der Waals surface area contributed by atoms with E-state index in [1.165, 1.54) is 0 Å². The van der Waals surface area contributed by atoms with Crippen LogP contribution in [0.1, 0.15) is 10.4 Å². The van der Waals surface area contributed by atoms with Crippen LogP contribution in [0.3, 0.4) is 0 Å². The van der Waals surface area contributed by atoms with E-state index >= 15 is 0 Å². The van der Waals surface area contributed by atoms with Crippen molar-refractivity contribution in [3.8, 4) is 5.75 Å². The molecular formula is C9H9BrO3. The summed E-state index contributed by atoms with van der Waals surface area (Å²) in [6, 6.07) is 5.12. The van der Waals surface area contributed by atoms with Crippen LogP contribution in [-0.2, 0) is 4.74 Å². The Labute approximate surface area is 84.8 Å². The van der Waals surface area contributed by atoms with E-state index in [0.717, 1.165) is 10.8 Å². The van der Waals surface area contributed by atoms with E-state index < -0.39 is 0 Å². The minimum Gasteiger partial charge on any atom is -0.468 e. The van der Waals surface area contributed by atoms with Gasteiger partial charge in [-0.3, -0.25) is 4.79 Å². The van der Waals surface area contributed by atoms with Crippen LogP contribution in [0, 0.1) is 0 Å². The van der Waals surface area contributed by atoms with Crippen molar-refractivity contribution in [2.24, 2.45) is 0 Å². The fourth-order valence-corrected chi connectivity index (χ4v) is 1.27. The van der Waals surface area contributed by atoms with Gasteiger partial charge < -0.3 is 9.47 Å². The Balaban J connectivity index is 2.77. The standard InChI is InChI=1S/C9H9BrO3/c1-12-6-13-8-3-2-7(5-11)9(10)4-8/h2-5H,6H2,1H3. The zero-order valence-corrected chi connectivity index (χ0v) is 8.71. The first-order valence-electron chi connectivity index (χ1n) is 3.64. The topological polar surface area (TPSA) is 35.5 Å². The molecule has 0 aliphatic carbocycles. The van der Waals surface area contributed by atoms with Gasteiger partial charge in [0.15, 0.2) is 13.1 Å². The average Bonchev–Trinajstić information content (AvgIpc) is 2.15. The van der Waals surface area contributed by atoms with Crippen LogP contribution in [0.15, 0.2) is 22.7 Å². The van der Waals surface area contributed by atoms with Gasteiger partial charge >= 0.3 is 0 Å². The normalized spacial score (nSPS) is 9.69. The summed E-state index contributed by atoms with van der Waals surface area (Å²) in [5, 5.41) is 0. The van der Waals surface area contributed by atoms with E-state index in [2.05, 4.69) is 15.9 Å². The lowest BCUT2D eigenvalue weighted by atomic mass is 10.2. The Kier molecular flexibility index (Phi) is 3.92. The van der Waals surface area contributed by atoms with Crippen LogP contribution < -0.4 is 4.74 Å². The van der Waals surface area contributed by atoms with E-state index in [4.69, 9.17) is 9.47 Å². The highest BCUT2D eigenvalue weighted by atomic mass is 79.9. The van der Waals surface area contributed by atoms with Crippen molar-refractivity contribution in [1.82, 2.24) is 0 Å². The molecule has 0 saturated heterocycles. The van der Waals surface area contributed by atoms with Crippen LogP contribution in [0.5, 0.6) is 5.75 Å². The van der Waals surface area contributed by atoms with Crippen molar-refractivity contribution in [3.05, 3.63) is 28.2 Å². The van der Waals surface area contributed by atoms with Gasteiger partial charge in [-0.05, 0) is 34.1 Å². The van der Waals surface area contributed by atoms with Gasteiger partial charge in [-0.25, -0.2) is 0 Å². The second-order valence-corrected chi connectivity index (χ2v) is 3.21. The molecule has 0 N–H and O–H groups in total. The van der Waals surface area contributed by atoms with Gasteiger partial charge in [0.05, 0.1) is 0 Å². The highest BCUT2D eigenvalue weighted by molar-refractivity contribution is 9.10. The number of halogens is 1.